The van der Waals surface area contributed by atoms with Crippen LogP contribution >= 0.6 is 0 Å². The van der Waals surface area contributed by atoms with Crippen LogP contribution in [0, 0.1) is 0 Å². The van der Waals surface area contributed by atoms with Gasteiger partial charge in [-0.1, -0.05) is 0 Å². The molecule has 0 aromatic carbocycles. The maximum atomic E-state index is 9.40. The van der Waals surface area contributed by atoms with Gasteiger partial charge in [0.1, 0.15) is 11.5 Å². The first-order valence-electron chi connectivity index (χ1n) is 3.58. The Labute approximate surface area is 69.2 Å². The van der Waals surface area contributed by atoms with Gasteiger partial charge < -0.3 is 10.4 Å². The lowest BCUT2D eigenvalue weighted by atomic mass is 10.3. The third-order valence-electron chi connectivity index (χ3n) is 1.59. The molecule has 1 aliphatic heterocycles. The molecule has 1 aliphatic rings. The van der Waals surface area contributed by atoms with Crippen molar-refractivity contribution in [1.29, 1.82) is 0 Å². The van der Waals surface area contributed by atoms with Crippen LogP contribution < -0.4 is 5.32 Å². The highest BCUT2D eigenvalue weighted by Gasteiger charge is 2.18. The summed E-state index contributed by atoms with van der Waals surface area (Å²) in [6.45, 7) is 1.76. The van der Waals surface area contributed by atoms with Crippen molar-refractivity contribution < 1.29 is 5.11 Å². The zero-order valence-corrected chi connectivity index (χ0v) is 6.52. The van der Waals surface area contributed by atoms with Gasteiger partial charge in [0.05, 0.1) is 0 Å². The Balaban J connectivity index is 2.48. The highest BCUT2D eigenvalue weighted by molar-refractivity contribution is 5.94. The van der Waals surface area contributed by atoms with Crippen LogP contribution in [-0.2, 0) is 0 Å². The number of aliphatic imine (C=N–C) groups is 1. The van der Waals surface area contributed by atoms with E-state index in [2.05, 4.69) is 20.3 Å². The number of aromatic nitrogens is 2. The highest BCUT2D eigenvalue weighted by atomic mass is 16.3. The normalized spacial score (nSPS) is 20.8. The molecular formula is C7H8N4O. The summed E-state index contributed by atoms with van der Waals surface area (Å²) in [4.78, 5) is 11.8. The van der Waals surface area contributed by atoms with Crippen LogP contribution in [0.15, 0.2) is 17.4 Å². The van der Waals surface area contributed by atoms with Gasteiger partial charge in [-0.15, -0.1) is 0 Å². The van der Waals surface area contributed by atoms with Crippen molar-refractivity contribution in [2.45, 2.75) is 13.2 Å². The molecule has 0 saturated carbocycles. The maximum absolute atomic E-state index is 9.40. The molecule has 1 aromatic rings. The molecule has 1 aromatic heterocycles. The van der Waals surface area contributed by atoms with Crippen LogP contribution in [0.1, 0.15) is 18.8 Å². The first kappa shape index (κ1) is 7.17. The van der Waals surface area contributed by atoms with Gasteiger partial charge >= 0.3 is 0 Å². The SMILES string of the molecule is CC1=NC(O)c2nccnc2N1. The van der Waals surface area contributed by atoms with E-state index in [1.807, 2.05) is 0 Å². The minimum absolute atomic E-state index is 0.475. The number of nitrogens with one attached hydrogen (secondary N) is 1. The molecule has 5 nitrogen and oxygen atoms in total. The molecule has 0 amide bonds. The first-order valence-corrected chi connectivity index (χ1v) is 3.58. The van der Waals surface area contributed by atoms with Gasteiger partial charge in [0.25, 0.3) is 0 Å². The number of rotatable bonds is 0. The number of aliphatic hydroxyl groups is 1. The molecule has 0 spiro atoms. The lowest BCUT2D eigenvalue weighted by Crippen LogP contribution is -2.19. The summed E-state index contributed by atoms with van der Waals surface area (Å²) in [5.41, 5.74) is 0.475. The fourth-order valence-electron chi connectivity index (χ4n) is 1.08. The van der Waals surface area contributed by atoms with E-state index < -0.39 is 6.23 Å². The minimum Gasteiger partial charge on any atom is -0.366 e. The number of fused-ring (bicyclic) bond motifs is 1. The molecule has 0 fully saturated rings. The van der Waals surface area contributed by atoms with Gasteiger partial charge in [0.15, 0.2) is 12.0 Å². The van der Waals surface area contributed by atoms with Crippen LogP contribution in [0.3, 0.4) is 0 Å². The van der Waals surface area contributed by atoms with E-state index >= 15 is 0 Å². The van der Waals surface area contributed by atoms with Crippen molar-refractivity contribution >= 4 is 11.7 Å². The second kappa shape index (κ2) is 2.53. The van der Waals surface area contributed by atoms with Crippen LogP contribution in [0.25, 0.3) is 0 Å². The average molecular weight is 164 g/mol. The Hall–Kier alpha value is -1.49. The van der Waals surface area contributed by atoms with E-state index in [4.69, 9.17) is 0 Å². The molecule has 5 heteroatoms. The van der Waals surface area contributed by atoms with Gasteiger partial charge in [-0.05, 0) is 6.92 Å². The molecule has 12 heavy (non-hydrogen) atoms. The predicted molar refractivity (Wildman–Crippen MR) is 43.7 cm³/mol. The summed E-state index contributed by atoms with van der Waals surface area (Å²) in [6, 6.07) is 0. The Kier molecular flexibility index (Phi) is 1.51. The first-order chi connectivity index (χ1) is 5.77. The Bertz CT molecular complexity index is 336. The molecule has 0 radical (unpaired) electrons. The van der Waals surface area contributed by atoms with Crippen LogP contribution in [-0.4, -0.2) is 20.9 Å². The molecule has 0 bridgehead atoms. The van der Waals surface area contributed by atoms with Gasteiger partial charge in [0, 0.05) is 12.4 Å². The Morgan fingerprint density at radius 1 is 1.42 bits per heavy atom. The third-order valence-corrected chi connectivity index (χ3v) is 1.59. The van der Waals surface area contributed by atoms with E-state index in [1.54, 1.807) is 13.1 Å². The van der Waals surface area contributed by atoms with Gasteiger partial charge in [0.2, 0.25) is 0 Å². The number of nitrogens with zero attached hydrogens (tertiary/aromatic N) is 3. The fraction of sp³-hybridized carbons (Fsp3) is 0.286. The average Bonchev–Trinajstić information content (AvgIpc) is 2.04. The topological polar surface area (TPSA) is 70.4 Å². The summed E-state index contributed by atoms with van der Waals surface area (Å²) >= 11 is 0. The van der Waals surface area contributed by atoms with Gasteiger partial charge in [-0.25, -0.2) is 9.98 Å². The van der Waals surface area contributed by atoms with Crippen molar-refractivity contribution in [3.05, 3.63) is 18.1 Å². The molecule has 2 N–H and O–H groups in total. The molecule has 2 heterocycles. The van der Waals surface area contributed by atoms with Crippen molar-refractivity contribution in [1.82, 2.24) is 9.97 Å². The Morgan fingerprint density at radius 3 is 3.00 bits per heavy atom. The lowest BCUT2D eigenvalue weighted by Gasteiger charge is -2.17. The van der Waals surface area contributed by atoms with Gasteiger partial charge in [-0.3, -0.25) is 4.98 Å². The summed E-state index contributed by atoms with van der Waals surface area (Å²) in [5.74, 6) is 1.23. The largest absolute Gasteiger partial charge is 0.366 e. The van der Waals surface area contributed by atoms with E-state index in [0.717, 1.165) is 0 Å². The second-order valence-electron chi connectivity index (χ2n) is 2.50. The van der Waals surface area contributed by atoms with E-state index in [1.165, 1.54) is 6.20 Å². The van der Waals surface area contributed by atoms with Crippen LogP contribution in [0.2, 0.25) is 0 Å². The van der Waals surface area contributed by atoms with E-state index in [-0.39, 0.29) is 0 Å². The molecule has 0 saturated heterocycles. The van der Waals surface area contributed by atoms with Crippen molar-refractivity contribution in [3.8, 4) is 0 Å². The smallest absolute Gasteiger partial charge is 0.194 e. The standard InChI is InChI=1S/C7H8N4O/c1-4-10-6-5(7(12)11-4)8-2-3-9-6/h2-3,7,12H,1H3,(H,9,10,11). The molecule has 62 valence electrons. The highest BCUT2D eigenvalue weighted by Crippen LogP contribution is 2.22. The Morgan fingerprint density at radius 2 is 2.17 bits per heavy atom. The summed E-state index contributed by atoms with van der Waals surface area (Å²) < 4.78 is 0. The molecule has 1 unspecified atom stereocenters. The van der Waals surface area contributed by atoms with Crippen molar-refractivity contribution in [2.24, 2.45) is 4.99 Å². The molecule has 1 atom stereocenters. The fourth-order valence-corrected chi connectivity index (χ4v) is 1.08. The zero-order valence-electron chi connectivity index (χ0n) is 6.52. The monoisotopic (exact) mass is 164 g/mol. The number of hydrogen-bond donors (Lipinski definition) is 2. The molecule has 2 rings (SSSR count). The quantitative estimate of drug-likeness (QED) is 0.579. The summed E-state index contributed by atoms with van der Waals surface area (Å²) in [6.07, 6.45) is 2.21. The number of amidine groups is 1. The molecule has 0 aliphatic carbocycles. The van der Waals surface area contributed by atoms with E-state index in [0.29, 0.717) is 17.3 Å². The summed E-state index contributed by atoms with van der Waals surface area (Å²) in [7, 11) is 0. The minimum atomic E-state index is -0.880. The third kappa shape index (κ3) is 1.04. The van der Waals surface area contributed by atoms with E-state index in [9.17, 15) is 5.11 Å². The maximum Gasteiger partial charge on any atom is 0.194 e. The molecular weight excluding hydrogens is 156 g/mol. The van der Waals surface area contributed by atoms with Gasteiger partial charge in [-0.2, -0.15) is 0 Å². The second-order valence-corrected chi connectivity index (χ2v) is 2.50. The zero-order chi connectivity index (χ0) is 8.55. The summed E-state index contributed by atoms with van der Waals surface area (Å²) in [5, 5.41) is 12.3. The predicted octanol–water partition coefficient (Wildman–Crippen LogP) is 0.311. The van der Waals surface area contributed by atoms with Crippen LogP contribution in [0.4, 0.5) is 5.82 Å². The van der Waals surface area contributed by atoms with Crippen molar-refractivity contribution in [2.75, 3.05) is 5.32 Å². The van der Waals surface area contributed by atoms with Crippen molar-refractivity contribution in [3.63, 3.8) is 0 Å². The number of aliphatic hydroxyl groups excluding tert-OH is 1. The lowest BCUT2D eigenvalue weighted by molar-refractivity contribution is 0.183. The van der Waals surface area contributed by atoms with Crippen LogP contribution in [0.5, 0.6) is 0 Å². The number of hydrogen-bond acceptors (Lipinski definition) is 5. The number of anilines is 1.